The lowest BCUT2D eigenvalue weighted by atomic mass is 9.95. The first-order valence-corrected chi connectivity index (χ1v) is 10.2. The summed E-state index contributed by atoms with van der Waals surface area (Å²) in [7, 11) is -1.56. The van der Waals surface area contributed by atoms with Gasteiger partial charge in [-0.3, -0.25) is 4.90 Å². The van der Waals surface area contributed by atoms with Gasteiger partial charge in [0.1, 0.15) is 5.75 Å². The van der Waals surface area contributed by atoms with Crippen molar-refractivity contribution in [1.82, 2.24) is 9.62 Å². The first-order chi connectivity index (χ1) is 11.0. The second kappa shape index (κ2) is 6.79. The number of likely N-dealkylation sites (tertiary alicyclic amines) is 1. The van der Waals surface area contributed by atoms with Gasteiger partial charge in [-0.05, 0) is 30.5 Å². The smallest absolute Gasteiger partial charge is 0.209 e. The summed E-state index contributed by atoms with van der Waals surface area (Å²) in [6.07, 6.45) is 6.30. The predicted molar refractivity (Wildman–Crippen MR) is 91.3 cm³/mol. The van der Waals surface area contributed by atoms with E-state index < -0.39 is 10.0 Å². The van der Waals surface area contributed by atoms with Crippen LogP contribution in [0.25, 0.3) is 0 Å². The highest BCUT2D eigenvalue weighted by Gasteiger charge is 2.38. The summed E-state index contributed by atoms with van der Waals surface area (Å²) >= 11 is 0. The lowest BCUT2D eigenvalue weighted by Gasteiger charge is -2.23. The van der Waals surface area contributed by atoms with E-state index in [1.165, 1.54) is 37.5 Å². The SMILES string of the molecule is COc1ccc(C2CN(C3CCCC3)CC2NS(C)(=O)=O)cc1. The summed E-state index contributed by atoms with van der Waals surface area (Å²) in [5.41, 5.74) is 1.17. The predicted octanol–water partition coefficient (Wildman–Crippen LogP) is 1.95. The third-order valence-corrected chi connectivity index (χ3v) is 5.83. The summed E-state index contributed by atoms with van der Waals surface area (Å²) in [6.45, 7) is 1.72. The van der Waals surface area contributed by atoms with Gasteiger partial charge in [0.2, 0.25) is 10.0 Å². The molecule has 0 aromatic heterocycles. The maximum atomic E-state index is 11.7. The Morgan fingerprint density at radius 1 is 1.13 bits per heavy atom. The highest BCUT2D eigenvalue weighted by molar-refractivity contribution is 7.88. The minimum Gasteiger partial charge on any atom is -0.497 e. The molecular weight excluding hydrogens is 312 g/mol. The monoisotopic (exact) mass is 338 g/mol. The average Bonchev–Trinajstić information content (AvgIpc) is 3.15. The normalized spacial score (nSPS) is 26.7. The molecule has 0 bridgehead atoms. The van der Waals surface area contributed by atoms with Crippen LogP contribution in [-0.4, -0.2) is 51.9 Å². The van der Waals surface area contributed by atoms with Gasteiger partial charge in [-0.1, -0.05) is 25.0 Å². The second-order valence-electron chi connectivity index (χ2n) is 6.77. The standard InChI is InChI=1S/C17H26N2O3S/c1-22-15-9-7-13(8-10-15)16-11-19(14-5-3-4-6-14)12-17(16)18-23(2,20)21/h7-10,14,16-18H,3-6,11-12H2,1-2H3. The Labute approximate surface area is 139 Å². The zero-order valence-corrected chi connectivity index (χ0v) is 14.7. The quantitative estimate of drug-likeness (QED) is 0.891. The number of ether oxygens (including phenoxy) is 1. The number of nitrogens with one attached hydrogen (secondary N) is 1. The topological polar surface area (TPSA) is 58.6 Å². The van der Waals surface area contributed by atoms with Crippen molar-refractivity contribution < 1.29 is 13.2 Å². The number of nitrogens with zero attached hydrogens (tertiary/aromatic N) is 1. The van der Waals surface area contributed by atoms with Crippen molar-refractivity contribution in [3.63, 3.8) is 0 Å². The van der Waals surface area contributed by atoms with Crippen molar-refractivity contribution in [2.75, 3.05) is 26.5 Å². The number of benzene rings is 1. The molecule has 2 atom stereocenters. The van der Waals surface area contributed by atoms with Crippen LogP contribution in [0.2, 0.25) is 0 Å². The largest absolute Gasteiger partial charge is 0.497 e. The number of sulfonamides is 1. The lowest BCUT2D eigenvalue weighted by molar-refractivity contribution is 0.240. The summed E-state index contributed by atoms with van der Waals surface area (Å²) in [5, 5.41) is 0. The fourth-order valence-corrected chi connectivity index (χ4v) is 4.77. The molecule has 3 rings (SSSR count). The fourth-order valence-electron chi connectivity index (χ4n) is 3.99. The Hall–Kier alpha value is -1.11. The van der Waals surface area contributed by atoms with Gasteiger partial charge < -0.3 is 4.74 Å². The molecular formula is C17H26N2O3S. The first-order valence-electron chi connectivity index (χ1n) is 8.31. The molecule has 1 heterocycles. The van der Waals surface area contributed by atoms with Crippen LogP contribution in [-0.2, 0) is 10.0 Å². The van der Waals surface area contributed by atoms with Crippen molar-refractivity contribution in [3.05, 3.63) is 29.8 Å². The van der Waals surface area contributed by atoms with Gasteiger partial charge in [-0.25, -0.2) is 13.1 Å². The molecule has 128 valence electrons. The van der Waals surface area contributed by atoms with Gasteiger partial charge in [-0.2, -0.15) is 0 Å². The van der Waals surface area contributed by atoms with Crippen LogP contribution in [0.3, 0.4) is 0 Å². The fraction of sp³-hybridized carbons (Fsp3) is 0.647. The lowest BCUT2D eigenvalue weighted by Crippen LogP contribution is -2.40. The van der Waals surface area contributed by atoms with Crippen LogP contribution in [0.1, 0.15) is 37.2 Å². The number of hydrogen-bond donors (Lipinski definition) is 1. The van der Waals surface area contributed by atoms with E-state index in [-0.39, 0.29) is 12.0 Å². The molecule has 23 heavy (non-hydrogen) atoms. The summed E-state index contributed by atoms with van der Waals surface area (Å²) in [5.74, 6) is 1.02. The minimum atomic E-state index is -3.21. The van der Waals surface area contributed by atoms with Crippen molar-refractivity contribution in [2.45, 2.75) is 43.7 Å². The molecule has 1 saturated carbocycles. The third-order valence-electron chi connectivity index (χ3n) is 5.10. The van der Waals surface area contributed by atoms with Crippen molar-refractivity contribution in [3.8, 4) is 5.75 Å². The molecule has 1 aromatic carbocycles. The molecule has 1 aromatic rings. The maximum Gasteiger partial charge on any atom is 0.209 e. The molecule has 2 fully saturated rings. The molecule has 2 aliphatic rings. The number of rotatable bonds is 5. The van der Waals surface area contributed by atoms with E-state index in [0.717, 1.165) is 18.8 Å². The zero-order chi connectivity index (χ0) is 16.4. The van der Waals surface area contributed by atoms with Crippen LogP contribution < -0.4 is 9.46 Å². The maximum absolute atomic E-state index is 11.7. The summed E-state index contributed by atoms with van der Waals surface area (Å²) < 4.78 is 31.6. The second-order valence-corrected chi connectivity index (χ2v) is 8.55. The van der Waals surface area contributed by atoms with E-state index in [2.05, 4.69) is 21.8 Å². The molecule has 1 N–H and O–H groups in total. The molecule has 2 unspecified atom stereocenters. The highest BCUT2D eigenvalue weighted by Crippen LogP contribution is 2.34. The number of hydrogen-bond acceptors (Lipinski definition) is 4. The van der Waals surface area contributed by atoms with E-state index >= 15 is 0 Å². The van der Waals surface area contributed by atoms with Gasteiger partial charge in [0.05, 0.1) is 13.4 Å². The van der Waals surface area contributed by atoms with Gasteiger partial charge in [-0.15, -0.1) is 0 Å². The molecule has 0 radical (unpaired) electrons. The molecule has 1 aliphatic carbocycles. The summed E-state index contributed by atoms with van der Waals surface area (Å²) in [6, 6.07) is 8.56. The summed E-state index contributed by atoms with van der Waals surface area (Å²) in [4.78, 5) is 2.48. The Bertz CT molecular complexity index is 624. The molecule has 0 spiro atoms. The van der Waals surface area contributed by atoms with E-state index in [4.69, 9.17) is 4.74 Å². The van der Waals surface area contributed by atoms with Crippen molar-refractivity contribution >= 4 is 10.0 Å². The first kappa shape index (κ1) is 16.7. The van der Waals surface area contributed by atoms with Gasteiger partial charge >= 0.3 is 0 Å². The molecule has 6 heteroatoms. The average molecular weight is 338 g/mol. The van der Waals surface area contributed by atoms with Crippen LogP contribution in [0.4, 0.5) is 0 Å². The van der Waals surface area contributed by atoms with E-state index in [1.54, 1.807) is 7.11 Å². The third kappa shape index (κ3) is 4.05. The van der Waals surface area contributed by atoms with Crippen LogP contribution in [0, 0.1) is 0 Å². The van der Waals surface area contributed by atoms with E-state index in [9.17, 15) is 8.42 Å². The van der Waals surface area contributed by atoms with Gasteiger partial charge in [0.25, 0.3) is 0 Å². The Balaban J connectivity index is 1.80. The van der Waals surface area contributed by atoms with Crippen LogP contribution in [0.15, 0.2) is 24.3 Å². The van der Waals surface area contributed by atoms with E-state index in [0.29, 0.717) is 6.04 Å². The van der Waals surface area contributed by atoms with Gasteiger partial charge in [0.15, 0.2) is 0 Å². The zero-order valence-electron chi connectivity index (χ0n) is 13.9. The Morgan fingerprint density at radius 2 is 1.78 bits per heavy atom. The van der Waals surface area contributed by atoms with Crippen molar-refractivity contribution in [1.29, 1.82) is 0 Å². The minimum absolute atomic E-state index is 0.0565. The Kier molecular flexibility index (Phi) is 4.94. The van der Waals surface area contributed by atoms with E-state index in [1.807, 2.05) is 12.1 Å². The van der Waals surface area contributed by atoms with Crippen LogP contribution >= 0.6 is 0 Å². The number of methoxy groups -OCH3 is 1. The molecule has 1 aliphatic heterocycles. The molecule has 1 saturated heterocycles. The highest BCUT2D eigenvalue weighted by atomic mass is 32.2. The Morgan fingerprint density at radius 3 is 2.35 bits per heavy atom. The van der Waals surface area contributed by atoms with Crippen molar-refractivity contribution in [2.24, 2.45) is 0 Å². The van der Waals surface area contributed by atoms with Crippen LogP contribution in [0.5, 0.6) is 5.75 Å². The molecule has 0 amide bonds. The molecule has 5 nitrogen and oxygen atoms in total. The van der Waals surface area contributed by atoms with Gasteiger partial charge in [0, 0.05) is 31.1 Å².